The van der Waals surface area contributed by atoms with Crippen molar-refractivity contribution in [3.8, 4) is 11.1 Å². The molecule has 0 aliphatic carbocycles. The maximum Gasteiger partial charge on any atom is 0.144 e. The molecule has 3 heterocycles. The average molecular weight is 489 g/mol. The van der Waals surface area contributed by atoms with Gasteiger partial charge in [0.15, 0.2) is 0 Å². The first-order valence-corrected chi connectivity index (χ1v) is 12.7. The summed E-state index contributed by atoms with van der Waals surface area (Å²) >= 11 is 0. The van der Waals surface area contributed by atoms with E-state index in [0.717, 1.165) is 71.1 Å². The molecule has 0 radical (unpaired) electrons. The highest BCUT2D eigenvalue weighted by molar-refractivity contribution is 6.16. The molecule has 0 aliphatic rings. The molecule has 4 aromatic carbocycles. The second-order valence-electron chi connectivity index (χ2n) is 9.42. The summed E-state index contributed by atoms with van der Waals surface area (Å²) in [5.74, 6) is 0. The number of hydrogen-bond donors (Lipinski definition) is 0. The Balaban J connectivity index is 1.59. The Bertz CT molecular complexity index is 2150. The van der Waals surface area contributed by atoms with Gasteiger partial charge in [-0.1, -0.05) is 104 Å². The summed E-state index contributed by atoms with van der Waals surface area (Å²) in [6.07, 6.45) is 4.06. The lowest BCUT2D eigenvalue weighted by molar-refractivity contribution is 0.573. The van der Waals surface area contributed by atoms with E-state index in [4.69, 9.17) is 14.4 Å². The van der Waals surface area contributed by atoms with Crippen molar-refractivity contribution < 1.29 is 4.42 Å². The zero-order chi connectivity index (χ0) is 25.6. The second-order valence-corrected chi connectivity index (χ2v) is 9.42. The van der Waals surface area contributed by atoms with Gasteiger partial charge in [0, 0.05) is 37.9 Å². The van der Waals surface area contributed by atoms with Crippen LogP contribution in [0, 0.1) is 0 Å². The molecule has 0 unspecified atom stereocenters. The Morgan fingerprint density at radius 3 is 2.26 bits per heavy atom. The summed E-state index contributed by atoms with van der Waals surface area (Å²) in [6.45, 7) is 6.34. The molecule has 3 aromatic heterocycles. The lowest BCUT2D eigenvalue weighted by atomic mass is 9.95. The molecule has 7 rings (SSSR count). The van der Waals surface area contributed by atoms with Crippen LogP contribution in [0.2, 0.25) is 0 Å². The first-order chi connectivity index (χ1) is 18.7. The third-order valence-electron chi connectivity index (χ3n) is 7.13. The van der Waals surface area contributed by atoms with E-state index >= 15 is 0 Å². The zero-order valence-electron chi connectivity index (χ0n) is 21.0. The maximum atomic E-state index is 6.30. The molecule has 0 fully saturated rings. The fraction of sp³-hybridized carbons (Fsp3) is 0.0286. The standard InChI is InChI=1S/C35H24N2O/c1-3-11-27(35-22(2)25-14-8-10-17-31(25)38-35)30-21-19-24-18-20-28-32(23-12-5-4-6-13-23)26-15-7-9-16-29(26)37-34(28)33(24)36-30/h3-21H,2H2,1H3/b11-3-,35-27-. The molecule has 3 nitrogen and oxygen atoms in total. The molecule has 0 saturated carbocycles. The van der Waals surface area contributed by atoms with E-state index in [-0.39, 0.29) is 0 Å². The van der Waals surface area contributed by atoms with Crippen LogP contribution < -0.4 is 10.6 Å². The highest BCUT2D eigenvalue weighted by Crippen LogP contribution is 2.37. The quantitative estimate of drug-likeness (QED) is 0.191. The Morgan fingerprint density at radius 2 is 1.45 bits per heavy atom. The highest BCUT2D eigenvalue weighted by Gasteiger charge is 2.15. The van der Waals surface area contributed by atoms with E-state index in [0.29, 0.717) is 0 Å². The van der Waals surface area contributed by atoms with Crippen LogP contribution in [-0.4, -0.2) is 9.97 Å². The monoisotopic (exact) mass is 488 g/mol. The third-order valence-corrected chi connectivity index (χ3v) is 7.13. The van der Waals surface area contributed by atoms with Crippen LogP contribution in [-0.2, 0) is 0 Å². The molecule has 0 amide bonds. The number of nitrogens with zero attached hydrogens (tertiary/aromatic N) is 2. The smallest absolute Gasteiger partial charge is 0.144 e. The van der Waals surface area contributed by atoms with Gasteiger partial charge in [-0.3, -0.25) is 0 Å². The summed E-state index contributed by atoms with van der Waals surface area (Å²) in [7, 11) is 0. The molecule has 0 N–H and O–H groups in total. The maximum absolute atomic E-state index is 6.30. The number of allylic oxidation sites excluding steroid dienone is 2. The van der Waals surface area contributed by atoms with Crippen molar-refractivity contribution >= 4 is 55.8 Å². The van der Waals surface area contributed by atoms with Crippen molar-refractivity contribution in [2.45, 2.75) is 6.92 Å². The Labute approximate surface area is 219 Å². The number of benzene rings is 4. The minimum Gasteiger partial charge on any atom is -0.455 e. The summed E-state index contributed by atoms with van der Waals surface area (Å²) in [4.78, 5) is 10.4. The molecule has 180 valence electrons. The van der Waals surface area contributed by atoms with Crippen molar-refractivity contribution in [1.82, 2.24) is 9.97 Å². The van der Waals surface area contributed by atoms with E-state index in [1.807, 2.05) is 55.5 Å². The van der Waals surface area contributed by atoms with Gasteiger partial charge in [-0.15, -0.1) is 0 Å². The normalized spacial score (nSPS) is 12.8. The average Bonchev–Trinajstić information content (AvgIpc) is 3.30. The molecule has 0 saturated heterocycles. The van der Waals surface area contributed by atoms with Crippen LogP contribution in [0.25, 0.3) is 67.0 Å². The predicted molar refractivity (Wildman–Crippen MR) is 158 cm³/mol. The molecular formula is C35H24N2O. The third kappa shape index (κ3) is 3.44. The summed E-state index contributed by atoms with van der Waals surface area (Å²) in [5.41, 5.74) is 8.33. The predicted octanol–water partition coefficient (Wildman–Crippen LogP) is 7.53. The van der Waals surface area contributed by atoms with Gasteiger partial charge in [0.05, 0.1) is 22.2 Å². The molecule has 3 heteroatoms. The summed E-state index contributed by atoms with van der Waals surface area (Å²) in [6, 6.07) is 35.3. The minimum atomic E-state index is 0.736. The first-order valence-electron chi connectivity index (χ1n) is 12.7. The van der Waals surface area contributed by atoms with Crippen molar-refractivity contribution in [2.24, 2.45) is 0 Å². The molecule has 7 aromatic rings. The molecular weight excluding hydrogens is 464 g/mol. The number of rotatable bonds is 3. The van der Waals surface area contributed by atoms with Gasteiger partial charge in [-0.2, -0.15) is 0 Å². The Morgan fingerprint density at radius 1 is 0.711 bits per heavy atom. The van der Waals surface area contributed by atoms with Gasteiger partial charge in [-0.05, 0) is 30.7 Å². The van der Waals surface area contributed by atoms with Gasteiger partial charge >= 0.3 is 0 Å². The van der Waals surface area contributed by atoms with E-state index in [2.05, 4.69) is 73.3 Å². The van der Waals surface area contributed by atoms with Crippen LogP contribution in [0.4, 0.5) is 0 Å². The lowest BCUT2D eigenvalue weighted by Gasteiger charge is -2.13. The fourth-order valence-electron chi connectivity index (χ4n) is 5.36. The lowest BCUT2D eigenvalue weighted by Crippen LogP contribution is -2.21. The van der Waals surface area contributed by atoms with Gasteiger partial charge in [0.1, 0.15) is 11.0 Å². The zero-order valence-corrected chi connectivity index (χ0v) is 21.0. The van der Waals surface area contributed by atoms with Crippen LogP contribution >= 0.6 is 0 Å². The molecule has 0 bridgehead atoms. The Hall–Kier alpha value is -5.02. The SMILES string of the molecule is C=c1/c(=C(\C=C/C)c2ccc3ccc4c(-c5ccccc5)c5ccccc5nc4c3n2)oc2ccccc12. The van der Waals surface area contributed by atoms with Crippen LogP contribution in [0.3, 0.4) is 0 Å². The van der Waals surface area contributed by atoms with Crippen molar-refractivity contribution in [1.29, 1.82) is 0 Å². The number of fused-ring (bicyclic) bond motifs is 5. The van der Waals surface area contributed by atoms with Gasteiger partial charge in [0.25, 0.3) is 0 Å². The molecule has 38 heavy (non-hydrogen) atoms. The van der Waals surface area contributed by atoms with Crippen LogP contribution in [0.5, 0.6) is 0 Å². The number of aromatic nitrogens is 2. The van der Waals surface area contributed by atoms with Crippen molar-refractivity contribution in [2.75, 3.05) is 0 Å². The van der Waals surface area contributed by atoms with Crippen LogP contribution in [0.15, 0.2) is 120 Å². The summed E-state index contributed by atoms with van der Waals surface area (Å²) < 4.78 is 6.30. The Kier molecular flexibility index (Phi) is 5.15. The number of furan rings is 1. The minimum absolute atomic E-state index is 0.736. The summed E-state index contributed by atoms with van der Waals surface area (Å²) in [5, 5.41) is 5.13. The number of para-hydroxylation sites is 2. The van der Waals surface area contributed by atoms with Crippen LogP contribution in [0.1, 0.15) is 12.6 Å². The molecule has 0 aliphatic heterocycles. The van der Waals surface area contributed by atoms with Gasteiger partial charge in [-0.25, -0.2) is 9.97 Å². The number of hydrogen-bond acceptors (Lipinski definition) is 3. The van der Waals surface area contributed by atoms with Gasteiger partial charge < -0.3 is 4.42 Å². The van der Waals surface area contributed by atoms with E-state index in [1.165, 1.54) is 5.56 Å². The van der Waals surface area contributed by atoms with Crippen molar-refractivity contribution in [3.63, 3.8) is 0 Å². The largest absolute Gasteiger partial charge is 0.455 e. The van der Waals surface area contributed by atoms with Gasteiger partial charge in [0.2, 0.25) is 0 Å². The van der Waals surface area contributed by atoms with E-state index < -0.39 is 0 Å². The van der Waals surface area contributed by atoms with E-state index in [1.54, 1.807) is 0 Å². The fourth-order valence-corrected chi connectivity index (χ4v) is 5.36. The van der Waals surface area contributed by atoms with Crippen molar-refractivity contribution in [3.05, 3.63) is 132 Å². The topological polar surface area (TPSA) is 38.9 Å². The highest BCUT2D eigenvalue weighted by atomic mass is 16.3. The number of pyridine rings is 2. The molecule has 0 spiro atoms. The van der Waals surface area contributed by atoms with E-state index in [9.17, 15) is 0 Å². The first kappa shape index (κ1) is 22.2. The molecule has 0 atom stereocenters. The second kappa shape index (κ2) is 8.82.